The zero-order valence-corrected chi connectivity index (χ0v) is 18.9. The molecule has 1 rings (SSSR count). The topological polar surface area (TPSA) is 31.2 Å². The van der Waals surface area contributed by atoms with Crippen LogP contribution in [0, 0.1) is 0 Å². The molecule has 0 saturated carbocycles. The Morgan fingerprint density at radius 2 is 1.38 bits per heavy atom. The van der Waals surface area contributed by atoms with Gasteiger partial charge in [0, 0.05) is 25.4 Å². The van der Waals surface area contributed by atoms with Crippen molar-refractivity contribution in [3.8, 4) is 0 Å². The summed E-state index contributed by atoms with van der Waals surface area (Å²) in [6.07, 6.45) is 15.6. The van der Waals surface area contributed by atoms with Crippen molar-refractivity contribution in [2.75, 3.05) is 6.61 Å². The lowest BCUT2D eigenvalue weighted by atomic mass is 10.1. The van der Waals surface area contributed by atoms with Gasteiger partial charge < -0.3 is 9.30 Å². The van der Waals surface area contributed by atoms with Crippen LogP contribution in [0.5, 0.6) is 0 Å². The lowest BCUT2D eigenvalue weighted by molar-refractivity contribution is -0.143. The highest BCUT2D eigenvalue weighted by Crippen LogP contribution is 2.27. The van der Waals surface area contributed by atoms with Crippen LogP contribution >= 0.6 is 33.2 Å². The van der Waals surface area contributed by atoms with Gasteiger partial charge in [-0.25, -0.2) is 0 Å². The molecular weight excluding hydrogens is 409 g/mol. The van der Waals surface area contributed by atoms with Gasteiger partial charge in [0.05, 0.1) is 6.61 Å². The van der Waals surface area contributed by atoms with Crippen molar-refractivity contribution in [1.29, 1.82) is 0 Å². The predicted molar refractivity (Wildman–Crippen MR) is 114 cm³/mol. The van der Waals surface area contributed by atoms with Crippen LogP contribution in [0.2, 0.25) is 6.04 Å². The Bertz CT molecular complexity index is 464. The summed E-state index contributed by atoms with van der Waals surface area (Å²) in [5.41, 5.74) is 0. The van der Waals surface area contributed by atoms with E-state index in [-0.39, 0.29) is 5.97 Å². The number of carbonyl (C=O) groups excluding carboxylic acids is 1. The summed E-state index contributed by atoms with van der Waals surface area (Å²) in [6.45, 7) is 1.66. The van der Waals surface area contributed by atoms with Gasteiger partial charge in [-0.1, -0.05) is 44.9 Å². The number of esters is 1. The fourth-order valence-corrected chi connectivity index (χ4v) is 4.68. The zero-order chi connectivity index (χ0) is 19.1. The van der Waals surface area contributed by atoms with Crippen LogP contribution in [0.1, 0.15) is 70.6 Å². The van der Waals surface area contributed by atoms with E-state index in [0.717, 1.165) is 45.1 Å². The van der Waals surface area contributed by atoms with Crippen molar-refractivity contribution < 1.29 is 9.53 Å². The molecule has 0 fully saturated rings. The molecule has 1 heterocycles. The van der Waals surface area contributed by atoms with Crippen molar-refractivity contribution in [3.63, 3.8) is 0 Å². The summed E-state index contributed by atoms with van der Waals surface area (Å²) in [6, 6.07) is 2.37. The third-order valence-corrected chi connectivity index (χ3v) is 6.95. The molecule has 3 nitrogen and oxygen atoms in total. The minimum Gasteiger partial charge on any atom is -0.466 e. The number of nitrogens with zero attached hydrogens (tertiary/aromatic N) is 1. The maximum Gasteiger partial charge on any atom is 0.341 e. The first-order valence-electron chi connectivity index (χ1n) is 9.80. The van der Waals surface area contributed by atoms with Crippen LogP contribution < -0.4 is 0 Å². The minimum atomic E-state index is -2.46. The Balaban J connectivity index is 1.79. The van der Waals surface area contributed by atoms with Crippen molar-refractivity contribution in [3.05, 3.63) is 24.5 Å². The van der Waals surface area contributed by atoms with Gasteiger partial charge in [0.1, 0.15) is 0 Å². The molecule has 7 heteroatoms. The van der Waals surface area contributed by atoms with Crippen molar-refractivity contribution in [2.24, 2.45) is 0 Å². The third kappa shape index (κ3) is 14.9. The van der Waals surface area contributed by atoms with Gasteiger partial charge >= 0.3 is 12.0 Å². The standard InChI is InChI=1S/C19H32Cl3NO2Si/c20-26(21,22)18-12-6-3-7-13-19(24)25-17-11-5-2-1-4-8-14-23-15-9-10-16-23/h9-10,15-16H,1-8,11-14,17-18H2. The molecule has 0 unspecified atom stereocenters. The SMILES string of the molecule is O=C(CCCCCC[Si](Cl)(Cl)Cl)OCCCCCCCCn1cccc1. The van der Waals surface area contributed by atoms with Crippen LogP contribution in [-0.4, -0.2) is 23.1 Å². The summed E-state index contributed by atoms with van der Waals surface area (Å²) < 4.78 is 7.51. The van der Waals surface area contributed by atoms with Crippen molar-refractivity contribution in [1.82, 2.24) is 4.57 Å². The molecule has 1 aromatic rings. The maximum absolute atomic E-state index is 11.6. The van der Waals surface area contributed by atoms with Gasteiger partial charge in [-0.05, 0) is 37.4 Å². The molecule has 0 radical (unpaired) electrons. The second kappa shape index (κ2) is 14.8. The molecule has 0 aliphatic heterocycles. The van der Waals surface area contributed by atoms with E-state index in [1.54, 1.807) is 0 Å². The van der Waals surface area contributed by atoms with Crippen molar-refractivity contribution >= 4 is 45.2 Å². The molecule has 0 aliphatic carbocycles. The van der Waals surface area contributed by atoms with Crippen molar-refractivity contribution in [2.45, 2.75) is 83.2 Å². The van der Waals surface area contributed by atoms with Gasteiger partial charge in [0.25, 0.3) is 0 Å². The van der Waals surface area contributed by atoms with Gasteiger partial charge in [0.2, 0.25) is 0 Å². The molecule has 0 bridgehead atoms. The third-order valence-electron chi connectivity index (χ3n) is 4.33. The summed E-state index contributed by atoms with van der Waals surface area (Å²) in [4.78, 5) is 11.6. The molecule has 26 heavy (non-hydrogen) atoms. The Morgan fingerprint density at radius 3 is 2.08 bits per heavy atom. The fraction of sp³-hybridized carbons (Fsp3) is 0.737. The van der Waals surface area contributed by atoms with Crippen LogP contribution in [0.3, 0.4) is 0 Å². The number of rotatable bonds is 16. The monoisotopic (exact) mass is 439 g/mol. The van der Waals surface area contributed by atoms with E-state index >= 15 is 0 Å². The lowest BCUT2D eigenvalue weighted by Crippen LogP contribution is -2.08. The minimum absolute atomic E-state index is 0.0764. The van der Waals surface area contributed by atoms with E-state index < -0.39 is 6.00 Å². The molecule has 1 aromatic heterocycles. The number of halogens is 3. The summed E-state index contributed by atoms with van der Waals surface area (Å²) in [7, 11) is 0. The van der Waals surface area contributed by atoms with E-state index in [0.29, 0.717) is 19.1 Å². The quantitative estimate of drug-likeness (QED) is 0.120. The van der Waals surface area contributed by atoms with Gasteiger partial charge in [-0.3, -0.25) is 4.79 Å². The second-order valence-electron chi connectivity index (χ2n) is 6.79. The Kier molecular flexibility index (Phi) is 13.6. The Hall–Kier alpha value is -0.163. The highest BCUT2D eigenvalue weighted by molar-refractivity contribution is 7.64. The molecule has 0 N–H and O–H groups in total. The molecular formula is C19H32Cl3NO2Si. The summed E-state index contributed by atoms with van der Waals surface area (Å²) in [5, 5.41) is 0. The Morgan fingerprint density at radius 1 is 0.808 bits per heavy atom. The first-order valence-corrected chi connectivity index (χ1v) is 15.0. The molecule has 0 amide bonds. The predicted octanol–water partition coefficient (Wildman–Crippen LogP) is 6.98. The highest BCUT2D eigenvalue weighted by atomic mass is 35.8. The highest BCUT2D eigenvalue weighted by Gasteiger charge is 2.23. The van der Waals surface area contributed by atoms with E-state index in [9.17, 15) is 4.79 Å². The lowest BCUT2D eigenvalue weighted by Gasteiger charge is -2.07. The molecule has 0 spiro atoms. The number of hydrogen-bond donors (Lipinski definition) is 0. The largest absolute Gasteiger partial charge is 0.466 e. The van der Waals surface area contributed by atoms with Crippen LogP contribution in [0.4, 0.5) is 0 Å². The molecule has 0 aromatic carbocycles. The zero-order valence-electron chi connectivity index (χ0n) is 15.6. The van der Waals surface area contributed by atoms with E-state index in [1.165, 1.54) is 25.7 Å². The molecule has 150 valence electrons. The number of unbranched alkanes of at least 4 members (excludes halogenated alkanes) is 8. The first kappa shape index (κ1) is 23.9. The van der Waals surface area contributed by atoms with Crippen LogP contribution in [0.25, 0.3) is 0 Å². The van der Waals surface area contributed by atoms with E-state index in [4.69, 9.17) is 38.0 Å². The number of aromatic nitrogens is 1. The number of aryl methyl sites for hydroxylation is 1. The maximum atomic E-state index is 11.6. The van der Waals surface area contributed by atoms with E-state index in [1.807, 2.05) is 0 Å². The smallest absolute Gasteiger partial charge is 0.341 e. The molecule has 0 saturated heterocycles. The summed E-state index contributed by atoms with van der Waals surface area (Å²) >= 11 is 17.5. The second-order valence-corrected chi connectivity index (χ2v) is 16.1. The normalized spacial score (nSPS) is 11.7. The number of ether oxygens (including phenoxy) is 1. The number of carbonyl (C=O) groups is 1. The fourth-order valence-electron chi connectivity index (χ4n) is 2.83. The molecule has 0 atom stereocenters. The average Bonchev–Trinajstić information content (AvgIpc) is 3.09. The van der Waals surface area contributed by atoms with Gasteiger partial charge in [0.15, 0.2) is 0 Å². The van der Waals surface area contributed by atoms with Gasteiger partial charge in [-0.2, -0.15) is 0 Å². The summed E-state index contributed by atoms with van der Waals surface area (Å²) in [5.74, 6) is -0.0764. The van der Waals surface area contributed by atoms with Crippen LogP contribution in [-0.2, 0) is 16.1 Å². The van der Waals surface area contributed by atoms with Gasteiger partial charge in [-0.15, -0.1) is 33.2 Å². The Labute approximate surface area is 173 Å². The molecule has 0 aliphatic rings. The van der Waals surface area contributed by atoms with Crippen LogP contribution in [0.15, 0.2) is 24.5 Å². The van der Waals surface area contributed by atoms with E-state index in [2.05, 4.69) is 29.1 Å². The average molecular weight is 441 g/mol. The number of hydrogen-bond acceptors (Lipinski definition) is 2. The first-order chi connectivity index (χ1) is 12.5.